The Hall–Kier alpha value is -1.25. The molecule has 0 saturated heterocycles. The smallest absolute Gasteiger partial charge is 0.284 e. The zero-order valence-corrected chi connectivity index (χ0v) is 6.04. The minimum absolute atomic E-state index is 0.340. The van der Waals surface area contributed by atoms with E-state index in [-0.39, 0.29) is 0 Å². The highest BCUT2D eigenvalue weighted by Gasteiger charge is 2.29. The van der Waals surface area contributed by atoms with Crippen molar-refractivity contribution < 1.29 is 9.21 Å². The molecule has 1 saturated carbocycles. The van der Waals surface area contributed by atoms with Gasteiger partial charge in [0, 0.05) is 5.56 Å². The highest BCUT2D eigenvalue weighted by Crippen LogP contribution is 2.41. The van der Waals surface area contributed by atoms with Gasteiger partial charge in [0.1, 0.15) is 0 Å². The van der Waals surface area contributed by atoms with Gasteiger partial charge in [0.25, 0.3) is 5.91 Å². The Morgan fingerprint density at radius 1 is 1.64 bits per heavy atom. The van der Waals surface area contributed by atoms with Crippen LogP contribution in [0.3, 0.4) is 0 Å². The second-order valence-electron chi connectivity index (χ2n) is 2.84. The van der Waals surface area contributed by atoms with Crippen LogP contribution >= 0.6 is 0 Å². The van der Waals surface area contributed by atoms with Gasteiger partial charge >= 0.3 is 0 Å². The van der Waals surface area contributed by atoms with Crippen LogP contribution in [0.2, 0.25) is 0 Å². The molecule has 0 radical (unpaired) electrons. The van der Waals surface area contributed by atoms with E-state index in [1.54, 1.807) is 0 Å². The van der Waals surface area contributed by atoms with Gasteiger partial charge in [-0.15, -0.1) is 0 Å². The number of nitrogens with two attached hydrogens (primary N) is 1. The third kappa shape index (κ3) is 1.02. The number of amides is 1. The summed E-state index contributed by atoms with van der Waals surface area (Å²) in [6, 6.07) is 1.83. The molecular formula is C8H9NO2. The quantitative estimate of drug-likeness (QED) is 0.691. The van der Waals surface area contributed by atoms with Crippen molar-refractivity contribution >= 4 is 5.91 Å². The standard InChI is InChI=1S/C8H9NO2/c9-8(10)7-6(3-4-11-7)5-1-2-5/h3-5H,1-2H2,(H2,9,10). The molecular weight excluding hydrogens is 142 g/mol. The van der Waals surface area contributed by atoms with E-state index in [1.807, 2.05) is 6.07 Å². The first kappa shape index (κ1) is 6.46. The van der Waals surface area contributed by atoms with Crippen molar-refractivity contribution in [2.75, 3.05) is 0 Å². The fourth-order valence-electron chi connectivity index (χ4n) is 1.24. The van der Waals surface area contributed by atoms with Crippen molar-refractivity contribution in [3.05, 3.63) is 23.7 Å². The molecule has 0 bridgehead atoms. The van der Waals surface area contributed by atoms with Crippen LogP contribution in [0.25, 0.3) is 0 Å². The second-order valence-corrected chi connectivity index (χ2v) is 2.84. The molecule has 3 heteroatoms. The summed E-state index contributed by atoms with van der Waals surface area (Å²) in [5, 5.41) is 0. The molecule has 0 unspecified atom stereocenters. The van der Waals surface area contributed by atoms with E-state index in [1.165, 1.54) is 6.26 Å². The molecule has 11 heavy (non-hydrogen) atoms. The molecule has 58 valence electrons. The molecule has 1 aromatic rings. The van der Waals surface area contributed by atoms with Gasteiger partial charge in [0.15, 0.2) is 5.76 Å². The fourth-order valence-corrected chi connectivity index (χ4v) is 1.24. The molecule has 1 aliphatic carbocycles. The average molecular weight is 151 g/mol. The third-order valence-corrected chi connectivity index (χ3v) is 1.94. The largest absolute Gasteiger partial charge is 0.459 e. The van der Waals surface area contributed by atoms with Crippen LogP contribution in [0.1, 0.15) is 34.9 Å². The van der Waals surface area contributed by atoms with Crippen molar-refractivity contribution in [3.63, 3.8) is 0 Å². The molecule has 0 aliphatic heterocycles. The first-order valence-electron chi connectivity index (χ1n) is 3.66. The Kier molecular flexibility index (Phi) is 1.24. The molecule has 3 nitrogen and oxygen atoms in total. The number of furan rings is 1. The van der Waals surface area contributed by atoms with Gasteiger partial charge in [0.2, 0.25) is 0 Å². The summed E-state index contributed by atoms with van der Waals surface area (Å²) < 4.78 is 4.95. The Morgan fingerprint density at radius 2 is 2.36 bits per heavy atom. The lowest BCUT2D eigenvalue weighted by atomic mass is 10.1. The lowest BCUT2D eigenvalue weighted by molar-refractivity contribution is 0.0972. The molecule has 2 N–H and O–H groups in total. The van der Waals surface area contributed by atoms with Crippen molar-refractivity contribution in [3.8, 4) is 0 Å². The third-order valence-electron chi connectivity index (χ3n) is 1.94. The molecule has 1 aliphatic rings. The van der Waals surface area contributed by atoms with Gasteiger partial charge < -0.3 is 10.2 Å². The number of rotatable bonds is 2. The van der Waals surface area contributed by atoms with Crippen LogP contribution in [0.5, 0.6) is 0 Å². The van der Waals surface area contributed by atoms with Crippen LogP contribution in [-0.4, -0.2) is 5.91 Å². The van der Waals surface area contributed by atoms with E-state index < -0.39 is 5.91 Å². The molecule has 2 rings (SSSR count). The summed E-state index contributed by atoms with van der Waals surface area (Å²) in [5.74, 6) is 0.403. The number of hydrogen-bond acceptors (Lipinski definition) is 2. The first-order valence-corrected chi connectivity index (χ1v) is 3.66. The van der Waals surface area contributed by atoms with Crippen LogP contribution in [0.15, 0.2) is 16.7 Å². The minimum atomic E-state index is -0.461. The van der Waals surface area contributed by atoms with Crippen molar-refractivity contribution in [2.24, 2.45) is 5.73 Å². The summed E-state index contributed by atoms with van der Waals surface area (Å²) in [6.45, 7) is 0. The predicted octanol–water partition coefficient (Wildman–Crippen LogP) is 1.26. The van der Waals surface area contributed by atoms with Crippen molar-refractivity contribution in [2.45, 2.75) is 18.8 Å². The van der Waals surface area contributed by atoms with Gasteiger partial charge in [-0.25, -0.2) is 0 Å². The number of primary amides is 1. The van der Waals surface area contributed by atoms with Crippen molar-refractivity contribution in [1.29, 1.82) is 0 Å². The van der Waals surface area contributed by atoms with E-state index in [0.29, 0.717) is 11.7 Å². The maximum Gasteiger partial charge on any atom is 0.284 e. The van der Waals surface area contributed by atoms with Gasteiger partial charge in [-0.2, -0.15) is 0 Å². The predicted molar refractivity (Wildman–Crippen MR) is 39.2 cm³/mol. The van der Waals surface area contributed by atoms with E-state index in [4.69, 9.17) is 10.2 Å². The number of carbonyl (C=O) groups excluding carboxylic acids is 1. The second kappa shape index (κ2) is 2.12. The first-order chi connectivity index (χ1) is 5.29. The van der Waals surface area contributed by atoms with Crippen LogP contribution in [-0.2, 0) is 0 Å². The number of hydrogen-bond donors (Lipinski definition) is 1. The summed E-state index contributed by atoms with van der Waals surface area (Å²) in [7, 11) is 0. The maximum atomic E-state index is 10.7. The van der Waals surface area contributed by atoms with E-state index in [0.717, 1.165) is 18.4 Å². The van der Waals surface area contributed by atoms with Crippen LogP contribution < -0.4 is 5.73 Å². The Morgan fingerprint density at radius 3 is 2.91 bits per heavy atom. The fraction of sp³-hybridized carbons (Fsp3) is 0.375. The van der Waals surface area contributed by atoms with Gasteiger partial charge in [-0.3, -0.25) is 4.79 Å². The van der Waals surface area contributed by atoms with Crippen molar-refractivity contribution in [1.82, 2.24) is 0 Å². The normalized spacial score (nSPS) is 16.7. The van der Waals surface area contributed by atoms with Gasteiger partial charge in [0.05, 0.1) is 6.26 Å². The van der Waals surface area contributed by atoms with E-state index >= 15 is 0 Å². The lowest BCUT2D eigenvalue weighted by Gasteiger charge is -1.93. The summed E-state index contributed by atoms with van der Waals surface area (Å²) >= 11 is 0. The molecule has 0 atom stereocenters. The molecule has 1 fully saturated rings. The monoisotopic (exact) mass is 151 g/mol. The highest BCUT2D eigenvalue weighted by molar-refractivity contribution is 5.91. The summed E-state index contributed by atoms with van der Waals surface area (Å²) in [4.78, 5) is 10.7. The average Bonchev–Trinajstić information content (AvgIpc) is 2.68. The molecule has 1 aromatic heterocycles. The van der Waals surface area contributed by atoms with E-state index in [2.05, 4.69) is 0 Å². The minimum Gasteiger partial charge on any atom is -0.459 e. The topological polar surface area (TPSA) is 56.2 Å². The summed E-state index contributed by atoms with van der Waals surface area (Å²) in [5.41, 5.74) is 6.08. The SMILES string of the molecule is NC(=O)c1occc1C1CC1. The molecule has 1 heterocycles. The number of carbonyl (C=O) groups is 1. The van der Waals surface area contributed by atoms with Gasteiger partial charge in [-0.1, -0.05) is 0 Å². The summed E-state index contributed by atoms with van der Waals surface area (Å²) in [6.07, 6.45) is 3.83. The Balaban J connectivity index is 2.37. The Labute approximate surface area is 64.2 Å². The molecule has 0 spiro atoms. The van der Waals surface area contributed by atoms with Gasteiger partial charge in [-0.05, 0) is 24.8 Å². The van der Waals surface area contributed by atoms with Crippen LogP contribution in [0, 0.1) is 0 Å². The lowest BCUT2D eigenvalue weighted by Crippen LogP contribution is -2.11. The zero-order valence-electron chi connectivity index (χ0n) is 6.04. The molecule has 0 aromatic carbocycles. The molecule has 1 amide bonds. The maximum absolute atomic E-state index is 10.7. The zero-order chi connectivity index (χ0) is 7.84. The van der Waals surface area contributed by atoms with Crippen LogP contribution in [0.4, 0.5) is 0 Å². The van der Waals surface area contributed by atoms with E-state index in [9.17, 15) is 4.79 Å². The highest BCUT2D eigenvalue weighted by atomic mass is 16.3. The Bertz CT molecular complexity index is 286.